The molecule has 0 atom stereocenters. The summed E-state index contributed by atoms with van der Waals surface area (Å²) in [4.78, 5) is 13.1. The lowest BCUT2D eigenvalue weighted by Gasteiger charge is -2.28. The molecule has 0 aromatic heterocycles. The molecular weight excluding hydrogens is 194 g/mol. The average molecular weight is 207 g/mol. The Morgan fingerprint density at radius 2 is 2.33 bits per heavy atom. The van der Waals surface area contributed by atoms with Crippen LogP contribution in [0.25, 0.3) is 0 Å². The van der Waals surface area contributed by atoms with Gasteiger partial charge in [-0.15, -0.1) is 0 Å². The van der Waals surface area contributed by atoms with Crippen molar-refractivity contribution in [3.05, 3.63) is 18.2 Å². The van der Waals surface area contributed by atoms with Crippen LogP contribution in [0.1, 0.15) is 6.92 Å². The first-order valence-corrected chi connectivity index (χ1v) is 4.81. The Kier molecular flexibility index (Phi) is 2.49. The van der Waals surface area contributed by atoms with Gasteiger partial charge in [-0.2, -0.15) is 0 Å². The normalized spacial score (nSPS) is 14.1. The summed E-state index contributed by atoms with van der Waals surface area (Å²) in [5.41, 5.74) is 0.814. The van der Waals surface area contributed by atoms with Crippen LogP contribution in [0.5, 0.6) is 11.5 Å². The second-order valence-corrected chi connectivity index (χ2v) is 3.35. The highest BCUT2D eigenvalue weighted by molar-refractivity contribution is 5.93. The summed E-state index contributed by atoms with van der Waals surface area (Å²) in [5, 5.41) is 0. The first-order chi connectivity index (χ1) is 7.22. The third kappa shape index (κ3) is 1.75. The van der Waals surface area contributed by atoms with Crippen LogP contribution in [0.4, 0.5) is 5.69 Å². The van der Waals surface area contributed by atoms with E-state index in [0.717, 1.165) is 11.4 Å². The Morgan fingerprint density at radius 3 is 3.00 bits per heavy atom. The van der Waals surface area contributed by atoms with Crippen LogP contribution >= 0.6 is 0 Å². The monoisotopic (exact) mass is 207 g/mol. The average Bonchev–Trinajstić information content (AvgIpc) is 2.27. The third-order valence-electron chi connectivity index (χ3n) is 2.41. The van der Waals surface area contributed by atoms with Crippen LogP contribution in [-0.2, 0) is 4.79 Å². The van der Waals surface area contributed by atoms with Crippen molar-refractivity contribution in [2.75, 3.05) is 25.2 Å². The van der Waals surface area contributed by atoms with Gasteiger partial charge in [0, 0.05) is 13.0 Å². The van der Waals surface area contributed by atoms with Gasteiger partial charge in [0.2, 0.25) is 5.91 Å². The predicted molar refractivity (Wildman–Crippen MR) is 56.5 cm³/mol. The summed E-state index contributed by atoms with van der Waals surface area (Å²) in [6.45, 7) is 2.69. The summed E-state index contributed by atoms with van der Waals surface area (Å²) in [6.07, 6.45) is 0. The number of hydrogen-bond acceptors (Lipinski definition) is 3. The van der Waals surface area contributed by atoms with Gasteiger partial charge < -0.3 is 14.4 Å². The molecule has 0 saturated heterocycles. The highest BCUT2D eigenvalue weighted by Gasteiger charge is 2.21. The van der Waals surface area contributed by atoms with E-state index in [2.05, 4.69) is 0 Å². The second kappa shape index (κ2) is 3.81. The lowest BCUT2D eigenvalue weighted by atomic mass is 10.2. The summed E-state index contributed by atoms with van der Waals surface area (Å²) in [5.74, 6) is 1.47. The number of anilines is 1. The van der Waals surface area contributed by atoms with Crippen molar-refractivity contribution in [1.82, 2.24) is 0 Å². The highest BCUT2D eigenvalue weighted by atomic mass is 16.5. The van der Waals surface area contributed by atoms with E-state index in [0.29, 0.717) is 18.9 Å². The number of carbonyl (C=O) groups excluding carboxylic acids is 1. The van der Waals surface area contributed by atoms with E-state index >= 15 is 0 Å². The first kappa shape index (κ1) is 9.83. The fraction of sp³-hybridized carbons (Fsp3) is 0.364. The van der Waals surface area contributed by atoms with Crippen LogP contribution < -0.4 is 14.4 Å². The molecule has 0 radical (unpaired) electrons. The van der Waals surface area contributed by atoms with E-state index in [4.69, 9.17) is 9.47 Å². The van der Waals surface area contributed by atoms with Crippen LogP contribution in [0.2, 0.25) is 0 Å². The van der Waals surface area contributed by atoms with Crippen molar-refractivity contribution in [3.8, 4) is 11.5 Å². The Labute approximate surface area is 88.4 Å². The molecule has 1 heterocycles. The number of benzene rings is 1. The summed E-state index contributed by atoms with van der Waals surface area (Å²) >= 11 is 0. The Bertz CT molecular complexity index is 389. The standard InChI is InChI=1S/C11H13NO3/c1-8(13)12-5-6-15-11-7-9(14-2)3-4-10(11)12/h3-4,7H,5-6H2,1-2H3. The maximum Gasteiger partial charge on any atom is 0.224 e. The van der Waals surface area contributed by atoms with E-state index in [1.54, 1.807) is 25.0 Å². The fourth-order valence-electron chi connectivity index (χ4n) is 1.65. The largest absolute Gasteiger partial charge is 0.497 e. The molecule has 0 fully saturated rings. The van der Waals surface area contributed by atoms with E-state index in [1.807, 2.05) is 12.1 Å². The van der Waals surface area contributed by atoms with Gasteiger partial charge in [0.25, 0.3) is 0 Å². The molecule has 1 aromatic rings. The van der Waals surface area contributed by atoms with Gasteiger partial charge in [-0.1, -0.05) is 0 Å². The molecule has 0 bridgehead atoms. The van der Waals surface area contributed by atoms with Crippen molar-refractivity contribution in [2.24, 2.45) is 0 Å². The molecule has 0 unspecified atom stereocenters. The smallest absolute Gasteiger partial charge is 0.224 e. The fourth-order valence-corrected chi connectivity index (χ4v) is 1.65. The molecule has 1 amide bonds. The predicted octanol–water partition coefficient (Wildman–Crippen LogP) is 1.44. The van der Waals surface area contributed by atoms with Crippen LogP contribution in [0.3, 0.4) is 0 Å². The third-order valence-corrected chi connectivity index (χ3v) is 2.41. The lowest BCUT2D eigenvalue weighted by Crippen LogP contribution is -2.36. The zero-order chi connectivity index (χ0) is 10.8. The van der Waals surface area contributed by atoms with Gasteiger partial charge in [0.1, 0.15) is 18.1 Å². The zero-order valence-corrected chi connectivity index (χ0v) is 8.82. The van der Waals surface area contributed by atoms with Crippen LogP contribution in [0.15, 0.2) is 18.2 Å². The molecule has 0 spiro atoms. The van der Waals surface area contributed by atoms with Crippen molar-refractivity contribution in [2.45, 2.75) is 6.92 Å². The van der Waals surface area contributed by atoms with E-state index in [1.165, 1.54) is 0 Å². The molecule has 1 aliphatic heterocycles. The zero-order valence-electron chi connectivity index (χ0n) is 8.82. The minimum atomic E-state index is 0.0321. The number of ether oxygens (including phenoxy) is 2. The number of nitrogens with zero attached hydrogens (tertiary/aromatic N) is 1. The van der Waals surface area contributed by atoms with Gasteiger partial charge in [0.05, 0.1) is 19.3 Å². The topological polar surface area (TPSA) is 38.8 Å². The molecule has 2 rings (SSSR count). The summed E-state index contributed by atoms with van der Waals surface area (Å²) in [7, 11) is 1.60. The van der Waals surface area contributed by atoms with Crippen molar-refractivity contribution in [1.29, 1.82) is 0 Å². The summed E-state index contributed by atoms with van der Waals surface area (Å²) in [6, 6.07) is 5.46. The Balaban J connectivity index is 2.40. The Hall–Kier alpha value is -1.71. The lowest BCUT2D eigenvalue weighted by molar-refractivity contribution is -0.116. The summed E-state index contributed by atoms with van der Waals surface area (Å²) < 4.78 is 10.6. The number of fused-ring (bicyclic) bond motifs is 1. The maximum absolute atomic E-state index is 11.4. The van der Waals surface area contributed by atoms with Crippen molar-refractivity contribution in [3.63, 3.8) is 0 Å². The Morgan fingerprint density at radius 1 is 1.53 bits per heavy atom. The van der Waals surface area contributed by atoms with Crippen molar-refractivity contribution >= 4 is 11.6 Å². The molecule has 4 nitrogen and oxygen atoms in total. The molecular formula is C11H13NO3. The minimum absolute atomic E-state index is 0.0321. The van der Waals surface area contributed by atoms with Gasteiger partial charge in [-0.25, -0.2) is 0 Å². The quantitative estimate of drug-likeness (QED) is 0.699. The SMILES string of the molecule is COc1ccc2c(c1)OCCN2C(C)=O. The molecule has 4 heteroatoms. The molecule has 0 saturated carbocycles. The van der Waals surface area contributed by atoms with Gasteiger partial charge in [0.15, 0.2) is 0 Å². The van der Waals surface area contributed by atoms with E-state index < -0.39 is 0 Å². The van der Waals surface area contributed by atoms with Crippen molar-refractivity contribution < 1.29 is 14.3 Å². The van der Waals surface area contributed by atoms with Gasteiger partial charge in [-0.3, -0.25) is 4.79 Å². The molecule has 0 N–H and O–H groups in total. The van der Waals surface area contributed by atoms with E-state index in [9.17, 15) is 4.79 Å². The van der Waals surface area contributed by atoms with Crippen LogP contribution in [0, 0.1) is 0 Å². The highest BCUT2D eigenvalue weighted by Crippen LogP contribution is 2.34. The maximum atomic E-state index is 11.4. The number of rotatable bonds is 1. The second-order valence-electron chi connectivity index (χ2n) is 3.35. The number of methoxy groups -OCH3 is 1. The molecule has 0 aliphatic carbocycles. The molecule has 15 heavy (non-hydrogen) atoms. The molecule has 80 valence electrons. The number of amides is 1. The minimum Gasteiger partial charge on any atom is -0.497 e. The van der Waals surface area contributed by atoms with Gasteiger partial charge in [-0.05, 0) is 12.1 Å². The number of hydrogen-bond donors (Lipinski definition) is 0. The molecule has 1 aliphatic rings. The first-order valence-electron chi connectivity index (χ1n) is 4.81. The molecule has 1 aromatic carbocycles. The van der Waals surface area contributed by atoms with E-state index in [-0.39, 0.29) is 5.91 Å². The van der Waals surface area contributed by atoms with Crippen LogP contribution in [-0.4, -0.2) is 26.2 Å². The van der Waals surface area contributed by atoms with Gasteiger partial charge >= 0.3 is 0 Å². The number of carbonyl (C=O) groups is 1.